The molecule has 6 heteroatoms. The van der Waals surface area contributed by atoms with Crippen molar-refractivity contribution in [2.75, 3.05) is 12.4 Å². The number of hydrogen-bond acceptors (Lipinski definition) is 4. The van der Waals surface area contributed by atoms with Crippen LogP contribution in [0.15, 0.2) is 42.5 Å². The van der Waals surface area contributed by atoms with Gasteiger partial charge >= 0.3 is 5.97 Å². The van der Waals surface area contributed by atoms with Crippen molar-refractivity contribution in [3.8, 4) is 5.75 Å². The molecule has 2 N–H and O–H groups in total. The molecule has 6 nitrogen and oxygen atoms in total. The van der Waals surface area contributed by atoms with Crippen molar-refractivity contribution in [3.63, 3.8) is 0 Å². The summed E-state index contributed by atoms with van der Waals surface area (Å²) in [4.78, 5) is 34.7. The van der Waals surface area contributed by atoms with Crippen LogP contribution in [0.25, 0.3) is 0 Å². The van der Waals surface area contributed by atoms with Gasteiger partial charge in [-0.05, 0) is 43.3 Å². The Balaban J connectivity index is 2.32. The van der Waals surface area contributed by atoms with Crippen LogP contribution < -0.4 is 10.1 Å². The molecule has 0 radical (unpaired) electrons. The van der Waals surface area contributed by atoms with Gasteiger partial charge in [0.1, 0.15) is 5.75 Å². The molecule has 2 rings (SSSR count). The van der Waals surface area contributed by atoms with E-state index in [9.17, 15) is 14.4 Å². The van der Waals surface area contributed by atoms with Crippen LogP contribution in [0, 0.1) is 0 Å². The van der Waals surface area contributed by atoms with E-state index in [4.69, 9.17) is 9.84 Å². The maximum atomic E-state index is 12.3. The first-order valence-corrected chi connectivity index (χ1v) is 6.76. The summed E-state index contributed by atoms with van der Waals surface area (Å²) >= 11 is 0. The van der Waals surface area contributed by atoms with Crippen LogP contribution in [-0.4, -0.2) is 29.9 Å². The Kier molecular flexibility index (Phi) is 4.75. The third kappa shape index (κ3) is 3.74. The van der Waals surface area contributed by atoms with Gasteiger partial charge in [-0.25, -0.2) is 4.79 Å². The largest absolute Gasteiger partial charge is 0.495 e. The van der Waals surface area contributed by atoms with E-state index in [0.29, 0.717) is 17.0 Å². The van der Waals surface area contributed by atoms with E-state index in [1.807, 2.05) is 0 Å². The number of carbonyl (C=O) groups is 3. The second-order valence-electron chi connectivity index (χ2n) is 4.81. The normalized spacial score (nSPS) is 10.0. The molecule has 0 aromatic heterocycles. The van der Waals surface area contributed by atoms with Crippen molar-refractivity contribution in [2.24, 2.45) is 0 Å². The van der Waals surface area contributed by atoms with Gasteiger partial charge in [-0.3, -0.25) is 9.59 Å². The van der Waals surface area contributed by atoms with Crippen LogP contribution in [0.5, 0.6) is 5.75 Å². The molecule has 2 aromatic rings. The molecule has 0 aliphatic rings. The lowest BCUT2D eigenvalue weighted by molar-refractivity contribution is 0.0696. The number of amides is 1. The van der Waals surface area contributed by atoms with Crippen molar-refractivity contribution in [1.82, 2.24) is 0 Å². The minimum absolute atomic E-state index is 0.0158. The number of rotatable bonds is 5. The molecule has 0 spiro atoms. The summed E-state index contributed by atoms with van der Waals surface area (Å²) < 4.78 is 5.16. The molecule has 0 saturated carbocycles. The Morgan fingerprint density at radius 3 is 2.30 bits per heavy atom. The quantitative estimate of drug-likeness (QED) is 0.828. The molecule has 0 bridgehead atoms. The number of carboxylic acid groups (broad SMARTS) is 1. The molecule has 0 aliphatic heterocycles. The number of methoxy groups -OCH3 is 1. The third-order valence-electron chi connectivity index (χ3n) is 3.23. The highest BCUT2D eigenvalue weighted by Crippen LogP contribution is 2.26. The highest BCUT2D eigenvalue weighted by atomic mass is 16.5. The Bertz CT molecular complexity index is 782. The zero-order chi connectivity index (χ0) is 17.0. The first kappa shape index (κ1) is 16.2. The van der Waals surface area contributed by atoms with E-state index >= 15 is 0 Å². The zero-order valence-electron chi connectivity index (χ0n) is 12.6. The molecular formula is C17H15NO5. The monoisotopic (exact) mass is 313 g/mol. The van der Waals surface area contributed by atoms with Crippen LogP contribution in [-0.2, 0) is 0 Å². The average Bonchev–Trinajstić information content (AvgIpc) is 2.54. The van der Waals surface area contributed by atoms with Crippen molar-refractivity contribution in [2.45, 2.75) is 6.92 Å². The van der Waals surface area contributed by atoms with E-state index in [1.165, 1.54) is 44.4 Å². The number of hydrogen-bond donors (Lipinski definition) is 2. The van der Waals surface area contributed by atoms with Crippen molar-refractivity contribution < 1.29 is 24.2 Å². The van der Waals surface area contributed by atoms with Crippen molar-refractivity contribution in [3.05, 3.63) is 59.2 Å². The predicted octanol–water partition coefficient (Wildman–Crippen LogP) is 2.85. The topological polar surface area (TPSA) is 92.7 Å². The maximum Gasteiger partial charge on any atom is 0.335 e. The first-order chi connectivity index (χ1) is 10.9. The highest BCUT2D eigenvalue weighted by molar-refractivity contribution is 6.07. The van der Waals surface area contributed by atoms with Gasteiger partial charge in [0, 0.05) is 11.1 Å². The van der Waals surface area contributed by atoms with E-state index in [1.54, 1.807) is 12.1 Å². The highest BCUT2D eigenvalue weighted by Gasteiger charge is 2.13. The number of ketones is 1. The number of carbonyl (C=O) groups excluding carboxylic acids is 2. The fourth-order valence-electron chi connectivity index (χ4n) is 2.01. The minimum atomic E-state index is -1.11. The molecule has 1 amide bonds. The standard InChI is InChI=1S/C17H15NO5/c1-10(19)11-6-7-15(23-2)14(9-11)18-16(20)12-4-3-5-13(8-12)17(21)22/h3-9H,1-2H3,(H,18,20)(H,21,22). The van der Waals surface area contributed by atoms with Gasteiger partial charge in [-0.15, -0.1) is 0 Å². The number of anilines is 1. The van der Waals surface area contributed by atoms with Crippen LogP contribution in [0.3, 0.4) is 0 Å². The molecule has 0 heterocycles. The SMILES string of the molecule is COc1ccc(C(C)=O)cc1NC(=O)c1cccc(C(=O)O)c1. The molecule has 0 saturated heterocycles. The van der Waals surface area contributed by atoms with Gasteiger partial charge in [-0.1, -0.05) is 6.07 Å². The fourth-order valence-corrected chi connectivity index (χ4v) is 2.01. The van der Waals surface area contributed by atoms with Gasteiger partial charge in [-0.2, -0.15) is 0 Å². The Morgan fingerprint density at radius 2 is 1.70 bits per heavy atom. The number of carboxylic acids is 1. The minimum Gasteiger partial charge on any atom is -0.495 e. The van der Waals surface area contributed by atoms with Crippen LogP contribution in [0.1, 0.15) is 38.0 Å². The lowest BCUT2D eigenvalue weighted by Gasteiger charge is -2.11. The molecule has 0 unspecified atom stereocenters. The van der Waals surface area contributed by atoms with Crippen LogP contribution in [0.4, 0.5) is 5.69 Å². The maximum absolute atomic E-state index is 12.3. The molecular weight excluding hydrogens is 298 g/mol. The van der Waals surface area contributed by atoms with E-state index in [2.05, 4.69) is 5.32 Å². The van der Waals surface area contributed by atoms with Crippen LogP contribution >= 0.6 is 0 Å². The van der Waals surface area contributed by atoms with Crippen molar-refractivity contribution in [1.29, 1.82) is 0 Å². The summed E-state index contributed by atoms with van der Waals surface area (Å²) in [5.41, 5.74) is 0.980. The van der Waals surface area contributed by atoms with Crippen LogP contribution in [0.2, 0.25) is 0 Å². The lowest BCUT2D eigenvalue weighted by Crippen LogP contribution is -2.14. The van der Waals surface area contributed by atoms with Gasteiger partial charge < -0.3 is 15.2 Å². The molecule has 23 heavy (non-hydrogen) atoms. The average molecular weight is 313 g/mol. The van der Waals surface area contributed by atoms with E-state index in [0.717, 1.165) is 0 Å². The zero-order valence-corrected chi connectivity index (χ0v) is 12.6. The smallest absolute Gasteiger partial charge is 0.335 e. The summed E-state index contributed by atoms with van der Waals surface area (Å²) in [6.45, 7) is 1.42. The number of ether oxygens (including phenoxy) is 1. The molecule has 0 fully saturated rings. The van der Waals surface area contributed by atoms with Crippen molar-refractivity contribution >= 4 is 23.3 Å². The van der Waals surface area contributed by atoms with Gasteiger partial charge in [0.25, 0.3) is 5.91 Å². The predicted molar refractivity (Wildman–Crippen MR) is 84.4 cm³/mol. The Hall–Kier alpha value is -3.15. The first-order valence-electron chi connectivity index (χ1n) is 6.76. The fraction of sp³-hybridized carbons (Fsp3) is 0.118. The Morgan fingerprint density at radius 1 is 1.00 bits per heavy atom. The summed E-state index contributed by atoms with van der Waals surface area (Å²) in [6.07, 6.45) is 0. The molecule has 0 aliphatic carbocycles. The number of nitrogens with one attached hydrogen (secondary N) is 1. The molecule has 0 atom stereocenters. The lowest BCUT2D eigenvalue weighted by atomic mass is 10.1. The van der Waals surface area contributed by atoms with Gasteiger partial charge in [0.2, 0.25) is 0 Å². The van der Waals surface area contributed by atoms with E-state index < -0.39 is 11.9 Å². The molecule has 2 aromatic carbocycles. The van der Waals surface area contributed by atoms with Gasteiger partial charge in [0.05, 0.1) is 18.4 Å². The second-order valence-corrected chi connectivity index (χ2v) is 4.81. The summed E-state index contributed by atoms with van der Waals surface area (Å²) in [5.74, 6) is -1.35. The summed E-state index contributed by atoms with van der Waals surface area (Å²) in [6, 6.07) is 10.4. The van der Waals surface area contributed by atoms with Gasteiger partial charge in [0.15, 0.2) is 5.78 Å². The van der Waals surface area contributed by atoms with E-state index in [-0.39, 0.29) is 16.9 Å². The number of Topliss-reactive ketones (excluding diaryl/α,β-unsaturated/α-hetero) is 1. The third-order valence-corrected chi connectivity index (χ3v) is 3.23. The summed E-state index contributed by atoms with van der Waals surface area (Å²) in [7, 11) is 1.45. The number of benzene rings is 2. The summed E-state index contributed by atoms with van der Waals surface area (Å²) in [5, 5.41) is 11.6. The Labute approximate surface area is 132 Å². The second kappa shape index (κ2) is 6.74. The molecule has 118 valence electrons. The number of aromatic carboxylic acids is 1.